The topological polar surface area (TPSA) is 55.3 Å². The largest absolute Gasteiger partial charge is 0.371 e. The number of fused-ring (bicyclic) bond motifs is 1. The maximum atomic E-state index is 12.8. The molecule has 1 aliphatic carbocycles. The van der Waals surface area contributed by atoms with E-state index >= 15 is 0 Å². The first kappa shape index (κ1) is 18.3. The van der Waals surface area contributed by atoms with E-state index < -0.39 is 0 Å². The number of ether oxygens (including phenoxy) is 1. The van der Waals surface area contributed by atoms with Gasteiger partial charge in [-0.05, 0) is 37.3 Å². The van der Waals surface area contributed by atoms with Crippen molar-refractivity contribution in [2.24, 2.45) is 5.92 Å². The number of nitrogens with zero attached hydrogens (tertiary/aromatic N) is 3. The number of carbonyl (C=O) groups excluding carboxylic acids is 1. The van der Waals surface area contributed by atoms with Crippen molar-refractivity contribution >= 4 is 16.8 Å². The average molecular weight is 387 g/mol. The van der Waals surface area contributed by atoms with Gasteiger partial charge in [0.25, 0.3) is 0 Å². The van der Waals surface area contributed by atoms with Gasteiger partial charge in [-0.15, -0.1) is 0 Å². The van der Waals surface area contributed by atoms with Gasteiger partial charge in [-0.1, -0.05) is 30.3 Å². The quantitative estimate of drug-likeness (QED) is 0.601. The second kappa shape index (κ2) is 7.91. The third-order valence-electron chi connectivity index (χ3n) is 5.94. The molecule has 2 aliphatic rings. The van der Waals surface area contributed by atoms with Crippen LogP contribution in [0, 0.1) is 5.92 Å². The van der Waals surface area contributed by atoms with Gasteiger partial charge in [0, 0.05) is 48.1 Å². The fourth-order valence-corrected chi connectivity index (χ4v) is 4.26. The minimum atomic E-state index is -0.265. The van der Waals surface area contributed by atoms with Crippen molar-refractivity contribution in [3.63, 3.8) is 0 Å². The lowest BCUT2D eigenvalue weighted by atomic mass is 9.93. The third kappa shape index (κ3) is 3.75. The summed E-state index contributed by atoms with van der Waals surface area (Å²) in [7, 11) is 0. The van der Waals surface area contributed by atoms with E-state index in [4.69, 9.17) is 4.74 Å². The molecule has 5 rings (SSSR count). The van der Waals surface area contributed by atoms with Crippen LogP contribution in [0.5, 0.6) is 0 Å². The van der Waals surface area contributed by atoms with Crippen LogP contribution in [0.4, 0.5) is 0 Å². The molecular weight excluding hydrogens is 362 g/mol. The molecule has 1 saturated heterocycles. The predicted molar refractivity (Wildman–Crippen MR) is 111 cm³/mol. The van der Waals surface area contributed by atoms with Crippen LogP contribution in [0.25, 0.3) is 10.9 Å². The van der Waals surface area contributed by atoms with Gasteiger partial charge >= 0.3 is 0 Å². The van der Waals surface area contributed by atoms with E-state index in [2.05, 4.69) is 34.2 Å². The number of para-hydroxylation sites is 1. The lowest BCUT2D eigenvalue weighted by molar-refractivity contribution is -0.133. The van der Waals surface area contributed by atoms with Crippen molar-refractivity contribution in [1.82, 2.24) is 14.9 Å². The molecular formula is C24H25N3O2. The van der Waals surface area contributed by atoms with Crippen molar-refractivity contribution in [3.8, 4) is 0 Å². The Morgan fingerprint density at radius 1 is 1.10 bits per heavy atom. The van der Waals surface area contributed by atoms with Gasteiger partial charge in [0.05, 0.1) is 18.2 Å². The molecule has 2 fully saturated rings. The number of carbonyl (C=O) groups is 1. The standard InChI is InChI=1S/C24H25N3O2/c28-21-9-4-14-27(21)23(20-8-1-5-18-6-3-13-26-22(18)20)24(29-16-17-10-11-17)19-7-2-12-25-15-19/h1-3,5-8,12-13,15,17,23-24H,4,9-11,14,16H2/t23-,24+/m0/s1. The van der Waals surface area contributed by atoms with Crippen LogP contribution < -0.4 is 0 Å². The molecule has 5 nitrogen and oxygen atoms in total. The molecule has 29 heavy (non-hydrogen) atoms. The summed E-state index contributed by atoms with van der Waals surface area (Å²) in [4.78, 5) is 23.8. The van der Waals surface area contributed by atoms with E-state index in [9.17, 15) is 4.79 Å². The monoisotopic (exact) mass is 387 g/mol. The Morgan fingerprint density at radius 2 is 1.97 bits per heavy atom. The molecule has 0 spiro atoms. The highest BCUT2D eigenvalue weighted by Gasteiger charge is 2.38. The molecule has 0 N–H and O–H groups in total. The Hall–Kier alpha value is -2.79. The first-order chi connectivity index (χ1) is 14.3. The summed E-state index contributed by atoms with van der Waals surface area (Å²) < 4.78 is 6.52. The minimum absolute atomic E-state index is 0.187. The summed E-state index contributed by atoms with van der Waals surface area (Å²) in [5.74, 6) is 0.821. The number of hydrogen-bond donors (Lipinski definition) is 0. The van der Waals surface area contributed by atoms with Crippen molar-refractivity contribution in [1.29, 1.82) is 0 Å². The molecule has 1 amide bonds. The van der Waals surface area contributed by atoms with E-state index in [0.717, 1.165) is 41.6 Å². The fourth-order valence-electron chi connectivity index (χ4n) is 4.26. The van der Waals surface area contributed by atoms with Crippen LogP contribution in [-0.4, -0.2) is 33.9 Å². The van der Waals surface area contributed by atoms with Gasteiger partial charge in [-0.25, -0.2) is 0 Å². The molecule has 5 heteroatoms. The van der Waals surface area contributed by atoms with Gasteiger partial charge in [-0.3, -0.25) is 14.8 Å². The highest BCUT2D eigenvalue weighted by Crippen LogP contribution is 2.42. The summed E-state index contributed by atoms with van der Waals surface area (Å²) in [6.45, 7) is 1.46. The van der Waals surface area contributed by atoms with Crippen LogP contribution in [0.15, 0.2) is 61.1 Å². The third-order valence-corrected chi connectivity index (χ3v) is 5.94. The smallest absolute Gasteiger partial charge is 0.223 e. The lowest BCUT2D eigenvalue weighted by Crippen LogP contribution is -2.35. The molecule has 3 aromatic rings. The normalized spacial score (nSPS) is 18.9. The Morgan fingerprint density at radius 3 is 2.72 bits per heavy atom. The molecule has 3 heterocycles. The molecule has 1 aliphatic heterocycles. The zero-order valence-electron chi connectivity index (χ0n) is 16.4. The maximum Gasteiger partial charge on any atom is 0.223 e. The fraction of sp³-hybridized carbons (Fsp3) is 0.375. The Labute approximate surface area is 170 Å². The van der Waals surface area contributed by atoms with Gasteiger partial charge in [-0.2, -0.15) is 0 Å². The Bertz CT molecular complexity index is 998. The molecule has 0 bridgehead atoms. The van der Waals surface area contributed by atoms with Gasteiger partial charge < -0.3 is 9.64 Å². The number of pyridine rings is 2. The highest BCUT2D eigenvalue weighted by molar-refractivity contribution is 5.84. The maximum absolute atomic E-state index is 12.8. The van der Waals surface area contributed by atoms with Crippen LogP contribution >= 0.6 is 0 Å². The van der Waals surface area contributed by atoms with Crippen LogP contribution in [0.3, 0.4) is 0 Å². The number of rotatable bonds is 7. The highest BCUT2D eigenvalue weighted by atomic mass is 16.5. The van der Waals surface area contributed by atoms with Crippen molar-refractivity contribution in [2.45, 2.75) is 37.8 Å². The van der Waals surface area contributed by atoms with E-state index in [0.29, 0.717) is 12.3 Å². The first-order valence-corrected chi connectivity index (χ1v) is 10.5. The average Bonchev–Trinajstić information content (AvgIpc) is 3.51. The number of amides is 1. The summed E-state index contributed by atoms with van der Waals surface area (Å²) in [6.07, 6.45) is 9.12. The number of benzene rings is 1. The molecule has 148 valence electrons. The van der Waals surface area contributed by atoms with Crippen LogP contribution in [0.1, 0.15) is 49.0 Å². The molecule has 2 aromatic heterocycles. The molecule has 2 atom stereocenters. The zero-order valence-corrected chi connectivity index (χ0v) is 16.4. The predicted octanol–water partition coefficient (Wildman–Crippen LogP) is 4.46. The van der Waals surface area contributed by atoms with Crippen molar-refractivity contribution < 1.29 is 9.53 Å². The minimum Gasteiger partial charge on any atom is -0.371 e. The van der Waals surface area contributed by atoms with Crippen LogP contribution in [0.2, 0.25) is 0 Å². The van der Waals surface area contributed by atoms with Gasteiger partial charge in [0.15, 0.2) is 0 Å². The second-order valence-electron chi connectivity index (χ2n) is 8.04. The van der Waals surface area contributed by atoms with Crippen molar-refractivity contribution in [3.05, 3.63) is 72.2 Å². The summed E-state index contributed by atoms with van der Waals surface area (Å²) >= 11 is 0. The number of hydrogen-bond acceptors (Lipinski definition) is 4. The summed E-state index contributed by atoms with van der Waals surface area (Å²) in [6, 6.07) is 14.0. The number of likely N-dealkylation sites (tertiary alicyclic amines) is 1. The van der Waals surface area contributed by atoms with E-state index in [1.807, 2.05) is 35.5 Å². The molecule has 1 aromatic carbocycles. The van der Waals surface area contributed by atoms with E-state index in [1.165, 1.54) is 12.8 Å². The Kier molecular flexibility index (Phi) is 4.98. The molecule has 0 unspecified atom stereocenters. The summed E-state index contributed by atoms with van der Waals surface area (Å²) in [5, 5.41) is 1.08. The van der Waals surface area contributed by atoms with Gasteiger partial charge in [0.1, 0.15) is 6.10 Å². The second-order valence-corrected chi connectivity index (χ2v) is 8.04. The SMILES string of the molecule is O=C1CCCN1[C@@H](c1cccc2cccnc12)[C@H](OCC1CC1)c1cccnc1. The van der Waals surface area contributed by atoms with Gasteiger partial charge in [0.2, 0.25) is 5.91 Å². The first-order valence-electron chi connectivity index (χ1n) is 10.5. The molecule has 1 saturated carbocycles. The van der Waals surface area contributed by atoms with Crippen molar-refractivity contribution in [2.75, 3.05) is 13.2 Å². The van der Waals surface area contributed by atoms with E-state index in [-0.39, 0.29) is 18.1 Å². The summed E-state index contributed by atoms with van der Waals surface area (Å²) in [5.41, 5.74) is 2.98. The lowest BCUT2D eigenvalue weighted by Gasteiger charge is -2.35. The molecule has 0 radical (unpaired) electrons. The number of aromatic nitrogens is 2. The Balaban J connectivity index is 1.64. The van der Waals surface area contributed by atoms with Crippen LogP contribution in [-0.2, 0) is 9.53 Å². The zero-order chi connectivity index (χ0) is 19.6. The van der Waals surface area contributed by atoms with E-state index in [1.54, 1.807) is 6.20 Å².